The van der Waals surface area contributed by atoms with E-state index in [0.717, 1.165) is 5.69 Å². The number of nitrogens with one attached hydrogen (secondary N) is 1. The number of methoxy groups -OCH3 is 1. The van der Waals surface area contributed by atoms with Crippen molar-refractivity contribution in [3.63, 3.8) is 0 Å². The van der Waals surface area contributed by atoms with Crippen molar-refractivity contribution in [1.82, 2.24) is 9.97 Å². The molecule has 0 spiro atoms. The van der Waals surface area contributed by atoms with Gasteiger partial charge in [-0.05, 0) is 23.6 Å². The van der Waals surface area contributed by atoms with Crippen LogP contribution >= 0.6 is 0 Å². The number of carbonyl (C=O) groups is 1. The average Bonchev–Trinajstić information content (AvgIpc) is 2.47. The van der Waals surface area contributed by atoms with Crippen molar-refractivity contribution in [2.24, 2.45) is 0 Å². The van der Waals surface area contributed by atoms with E-state index in [1.165, 1.54) is 25.1 Å². The molecular formula is C15H17N3O2. The maximum Gasteiger partial charge on any atom is 0.316 e. The molecule has 1 aromatic carbocycles. The van der Waals surface area contributed by atoms with Gasteiger partial charge in [0.05, 0.1) is 12.7 Å². The minimum atomic E-state index is -0.242. The second-order valence-corrected chi connectivity index (χ2v) is 4.69. The summed E-state index contributed by atoms with van der Waals surface area (Å²) in [5.41, 5.74) is 2.33. The van der Waals surface area contributed by atoms with E-state index in [2.05, 4.69) is 29.1 Å². The monoisotopic (exact) mass is 271 g/mol. The van der Waals surface area contributed by atoms with Gasteiger partial charge in [-0.25, -0.2) is 9.97 Å². The Hall–Kier alpha value is -2.43. The highest BCUT2D eigenvalue weighted by Gasteiger charge is 2.08. The van der Waals surface area contributed by atoms with E-state index in [1.807, 2.05) is 24.3 Å². The Morgan fingerprint density at radius 2 is 1.95 bits per heavy atom. The fourth-order valence-corrected chi connectivity index (χ4v) is 1.72. The van der Waals surface area contributed by atoms with Crippen molar-refractivity contribution < 1.29 is 9.53 Å². The summed E-state index contributed by atoms with van der Waals surface area (Å²) in [5, 5.41) is 2.83. The van der Waals surface area contributed by atoms with Crippen molar-refractivity contribution in [3.05, 3.63) is 47.8 Å². The standard InChI is InChI=1S/C15H17N3O2/c1-10(2)11-5-4-6-13(7-11)18-14(19)12-8-16-15(20-3)17-9-12/h4-10H,1-3H3,(H,18,19). The molecule has 0 radical (unpaired) electrons. The molecule has 1 heterocycles. The number of benzene rings is 1. The molecule has 0 saturated heterocycles. The van der Waals surface area contributed by atoms with Gasteiger partial charge in [0.1, 0.15) is 0 Å². The molecule has 5 heteroatoms. The molecule has 0 aliphatic rings. The highest BCUT2D eigenvalue weighted by atomic mass is 16.5. The van der Waals surface area contributed by atoms with Crippen molar-refractivity contribution in [2.45, 2.75) is 19.8 Å². The third-order valence-corrected chi connectivity index (χ3v) is 2.88. The number of hydrogen-bond acceptors (Lipinski definition) is 4. The summed E-state index contributed by atoms with van der Waals surface area (Å²) >= 11 is 0. The lowest BCUT2D eigenvalue weighted by Gasteiger charge is -2.09. The number of hydrogen-bond donors (Lipinski definition) is 1. The number of ether oxygens (including phenoxy) is 1. The van der Waals surface area contributed by atoms with Gasteiger partial charge < -0.3 is 10.1 Å². The summed E-state index contributed by atoms with van der Waals surface area (Å²) in [7, 11) is 1.48. The van der Waals surface area contributed by atoms with Crippen LogP contribution in [-0.4, -0.2) is 23.0 Å². The van der Waals surface area contributed by atoms with Gasteiger partial charge in [-0.1, -0.05) is 26.0 Å². The van der Waals surface area contributed by atoms with Gasteiger partial charge >= 0.3 is 6.01 Å². The second kappa shape index (κ2) is 6.14. The van der Waals surface area contributed by atoms with Crippen LogP contribution in [0.2, 0.25) is 0 Å². The molecule has 5 nitrogen and oxygen atoms in total. The van der Waals surface area contributed by atoms with Crippen LogP contribution in [0, 0.1) is 0 Å². The summed E-state index contributed by atoms with van der Waals surface area (Å²) in [4.78, 5) is 19.9. The van der Waals surface area contributed by atoms with E-state index in [1.54, 1.807) is 0 Å². The summed E-state index contributed by atoms with van der Waals surface area (Å²) < 4.78 is 4.86. The van der Waals surface area contributed by atoms with Crippen molar-refractivity contribution in [1.29, 1.82) is 0 Å². The molecule has 2 aromatic rings. The van der Waals surface area contributed by atoms with Crippen molar-refractivity contribution in [2.75, 3.05) is 12.4 Å². The molecule has 0 atom stereocenters. The number of rotatable bonds is 4. The second-order valence-electron chi connectivity index (χ2n) is 4.69. The highest BCUT2D eigenvalue weighted by molar-refractivity contribution is 6.03. The van der Waals surface area contributed by atoms with Gasteiger partial charge in [0.15, 0.2) is 0 Å². The van der Waals surface area contributed by atoms with Gasteiger partial charge in [0, 0.05) is 18.1 Å². The number of carbonyl (C=O) groups excluding carboxylic acids is 1. The predicted octanol–water partition coefficient (Wildman–Crippen LogP) is 2.86. The van der Waals surface area contributed by atoms with Gasteiger partial charge in [-0.3, -0.25) is 4.79 Å². The van der Waals surface area contributed by atoms with Crippen LogP contribution in [0.15, 0.2) is 36.7 Å². The fraction of sp³-hybridized carbons (Fsp3) is 0.267. The van der Waals surface area contributed by atoms with E-state index in [9.17, 15) is 4.79 Å². The Bertz CT molecular complexity index is 594. The summed E-state index contributed by atoms with van der Waals surface area (Å²) in [6, 6.07) is 8.02. The lowest BCUT2D eigenvalue weighted by molar-refractivity contribution is 0.102. The van der Waals surface area contributed by atoms with Gasteiger partial charge in [0.2, 0.25) is 0 Å². The number of anilines is 1. The van der Waals surface area contributed by atoms with E-state index >= 15 is 0 Å². The molecule has 20 heavy (non-hydrogen) atoms. The number of aromatic nitrogens is 2. The smallest absolute Gasteiger partial charge is 0.316 e. The molecule has 0 aliphatic carbocycles. The molecule has 0 aliphatic heterocycles. The molecule has 1 aromatic heterocycles. The SMILES string of the molecule is COc1ncc(C(=O)Nc2cccc(C(C)C)c2)cn1. The number of nitrogens with zero attached hydrogens (tertiary/aromatic N) is 2. The van der Waals surface area contributed by atoms with Crippen LogP contribution in [-0.2, 0) is 0 Å². The molecule has 0 saturated carbocycles. The first-order valence-corrected chi connectivity index (χ1v) is 6.37. The van der Waals surface area contributed by atoms with E-state index in [0.29, 0.717) is 11.5 Å². The Morgan fingerprint density at radius 3 is 2.55 bits per heavy atom. The first-order valence-electron chi connectivity index (χ1n) is 6.37. The maximum atomic E-state index is 12.1. The normalized spacial score (nSPS) is 10.4. The Morgan fingerprint density at radius 1 is 1.25 bits per heavy atom. The van der Waals surface area contributed by atoms with Crippen molar-refractivity contribution >= 4 is 11.6 Å². The van der Waals surface area contributed by atoms with Crippen molar-refractivity contribution in [3.8, 4) is 6.01 Å². The lowest BCUT2D eigenvalue weighted by Crippen LogP contribution is -2.13. The summed E-state index contributed by atoms with van der Waals surface area (Å²) in [5.74, 6) is 0.171. The zero-order valence-electron chi connectivity index (χ0n) is 11.8. The average molecular weight is 271 g/mol. The topological polar surface area (TPSA) is 64.1 Å². The van der Waals surface area contributed by atoms with Gasteiger partial charge in [0.25, 0.3) is 5.91 Å². The molecule has 0 unspecified atom stereocenters. The molecule has 1 N–H and O–H groups in total. The lowest BCUT2D eigenvalue weighted by atomic mass is 10.0. The van der Waals surface area contributed by atoms with Crippen LogP contribution in [0.4, 0.5) is 5.69 Å². The quantitative estimate of drug-likeness (QED) is 0.928. The minimum Gasteiger partial charge on any atom is -0.467 e. The van der Waals surface area contributed by atoms with Gasteiger partial charge in [-0.15, -0.1) is 0 Å². The molecule has 2 rings (SSSR count). The fourth-order valence-electron chi connectivity index (χ4n) is 1.72. The zero-order valence-corrected chi connectivity index (χ0v) is 11.8. The van der Waals surface area contributed by atoms with Crippen LogP contribution in [0.3, 0.4) is 0 Å². The summed E-state index contributed by atoms with van der Waals surface area (Å²) in [6.07, 6.45) is 2.88. The predicted molar refractivity (Wildman–Crippen MR) is 77.1 cm³/mol. The maximum absolute atomic E-state index is 12.1. The molecular weight excluding hydrogens is 254 g/mol. The largest absolute Gasteiger partial charge is 0.467 e. The Labute approximate surface area is 118 Å². The summed E-state index contributed by atoms with van der Waals surface area (Å²) in [6.45, 7) is 4.22. The number of amides is 1. The Kier molecular flexibility index (Phi) is 4.30. The van der Waals surface area contributed by atoms with E-state index < -0.39 is 0 Å². The molecule has 0 fully saturated rings. The van der Waals surface area contributed by atoms with Gasteiger partial charge in [-0.2, -0.15) is 0 Å². The zero-order chi connectivity index (χ0) is 14.5. The first-order chi connectivity index (χ1) is 9.60. The highest BCUT2D eigenvalue weighted by Crippen LogP contribution is 2.19. The molecule has 104 valence electrons. The van der Waals surface area contributed by atoms with Crippen LogP contribution in [0.5, 0.6) is 6.01 Å². The third kappa shape index (κ3) is 3.32. The van der Waals surface area contributed by atoms with Crippen LogP contribution in [0.25, 0.3) is 0 Å². The van der Waals surface area contributed by atoms with E-state index in [4.69, 9.17) is 4.74 Å². The van der Waals surface area contributed by atoms with E-state index in [-0.39, 0.29) is 11.9 Å². The Balaban J connectivity index is 2.12. The van der Waals surface area contributed by atoms with Crippen LogP contribution < -0.4 is 10.1 Å². The first kappa shape index (κ1) is 14.0. The van der Waals surface area contributed by atoms with Crippen LogP contribution in [0.1, 0.15) is 35.7 Å². The third-order valence-electron chi connectivity index (χ3n) is 2.88. The minimum absolute atomic E-state index is 0.239. The molecule has 1 amide bonds. The molecule has 0 bridgehead atoms.